The molecule has 0 aliphatic heterocycles. The van der Waals surface area contributed by atoms with E-state index in [1.165, 1.54) is 0 Å². The van der Waals surface area contributed by atoms with Crippen LogP contribution in [-0.4, -0.2) is 18.5 Å². The Labute approximate surface area is 118 Å². The molecule has 100 valence electrons. The molecule has 0 aliphatic carbocycles. The van der Waals surface area contributed by atoms with Crippen molar-refractivity contribution in [3.8, 4) is 0 Å². The fourth-order valence-electron chi connectivity index (χ4n) is 1.39. The van der Waals surface area contributed by atoms with E-state index in [2.05, 4.69) is 10.6 Å². The van der Waals surface area contributed by atoms with Gasteiger partial charge in [-0.2, -0.15) is 0 Å². The average molecular weight is 289 g/mol. The van der Waals surface area contributed by atoms with Crippen LogP contribution in [0.1, 0.15) is 25.8 Å². The van der Waals surface area contributed by atoms with E-state index in [0.29, 0.717) is 15.7 Å². The molecule has 0 saturated heterocycles. The van der Waals surface area contributed by atoms with Crippen LogP contribution in [0.25, 0.3) is 0 Å². The summed E-state index contributed by atoms with van der Waals surface area (Å²) in [6.45, 7) is 6.06. The lowest BCUT2D eigenvalue weighted by molar-refractivity contribution is -0.120. The highest BCUT2D eigenvalue weighted by atomic mass is 35.5. The van der Waals surface area contributed by atoms with Gasteiger partial charge in [-0.25, -0.2) is 0 Å². The van der Waals surface area contributed by atoms with Gasteiger partial charge in [0.2, 0.25) is 5.91 Å². The van der Waals surface area contributed by atoms with E-state index in [1.807, 2.05) is 20.8 Å². The van der Waals surface area contributed by atoms with Gasteiger partial charge in [-0.3, -0.25) is 4.79 Å². The van der Waals surface area contributed by atoms with Gasteiger partial charge in [0.25, 0.3) is 0 Å². The van der Waals surface area contributed by atoms with Crippen molar-refractivity contribution in [2.45, 2.75) is 33.2 Å². The molecule has 18 heavy (non-hydrogen) atoms. The monoisotopic (exact) mass is 288 g/mol. The first-order chi connectivity index (χ1) is 8.43. The zero-order valence-electron chi connectivity index (χ0n) is 10.8. The molecule has 1 rings (SSSR count). The van der Waals surface area contributed by atoms with Gasteiger partial charge < -0.3 is 10.6 Å². The number of rotatable bonds is 5. The van der Waals surface area contributed by atoms with Crippen LogP contribution in [0.3, 0.4) is 0 Å². The predicted molar refractivity (Wildman–Crippen MR) is 77.6 cm³/mol. The molecule has 0 aromatic heterocycles. The standard InChI is InChI=1S/C13H18Cl2N2O/c1-4-9(3)17-13(18)7-16-12-6-10(14)8(2)5-11(12)15/h5-6,9,16H,4,7H2,1-3H3,(H,17,18). The molecule has 0 bridgehead atoms. The Kier molecular flexibility index (Phi) is 5.76. The normalized spacial score (nSPS) is 12.1. The lowest BCUT2D eigenvalue weighted by Crippen LogP contribution is -2.36. The smallest absolute Gasteiger partial charge is 0.239 e. The fraction of sp³-hybridized carbons (Fsp3) is 0.462. The maximum Gasteiger partial charge on any atom is 0.239 e. The minimum absolute atomic E-state index is 0.0582. The predicted octanol–water partition coefficient (Wildman–Crippen LogP) is 3.63. The van der Waals surface area contributed by atoms with Gasteiger partial charge in [-0.05, 0) is 38.0 Å². The third-order valence-electron chi connectivity index (χ3n) is 2.71. The Morgan fingerprint density at radius 3 is 2.61 bits per heavy atom. The van der Waals surface area contributed by atoms with Gasteiger partial charge in [-0.1, -0.05) is 30.1 Å². The van der Waals surface area contributed by atoms with Crippen LogP contribution < -0.4 is 10.6 Å². The molecule has 1 atom stereocenters. The van der Waals surface area contributed by atoms with Gasteiger partial charge in [0.15, 0.2) is 0 Å². The van der Waals surface area contributed by atoms with Gasteiger partial charge in [0.05, 0.1) is 17.3 Å². The summed E-state index contributed by atoms with van der Waals surface area (Å²) in [4.78, 5) is 11.6. The summed E-state index contributed by atoms with van der Waals surface area (Å²) in [5.41, 5.74) is 1.59. The van der Waals surface area contributed by atoms with Gasteiger partial charge in [0.1, 0.15) is 0 Å². The van der Waals surface area contributed by atoms with Crippen molar-refractivity contribution in [1.29, 1.82) is 0 Å². The minimum atomic E-state index is -0.0582. The average Bonchev–Trinajstić information content (AvgIpc) is 2.32. The number of anilines is 1. The summed E-state index contributed by atoms with van der Waals surface area (Å²) in [5.74, 6) is -0.0582. The van der Waals surface area contributed by atoms with E-state index in [1.54, 1.807) is 12.1 Å². The van der Waals surface area contributed by atoms with Crippen LogP contribution in [0.2, 0.25) is 10.0 Å². The highest BCUT2D eigenvalue weighted by molar-refractivity contribution is 6.35. The zero-order chi connectivity index (χ0) is 13.7. The first kappa shape index (κ1) is 15.1. The molecule has 2 N–H and O–H groups in total. The third kappa shape index (κ3) is 4.39. The fourth-order valence-corrected chi connectivity index (χ4v) is 1.83. The largest absolute Gasteiger partial charge is 0.375 e. The van der Waals surface area contributed by atoms with Gasteiger partial charge in [-0.15, -0.1) is 0 Å². The minimum Gasteiger partial charge on any atom is -0.375 e. The van der Waals surface area contributed by atoms with Crippen molar-refractivity contribution in [2.75, 3.05) is 11.9 Å². The summed E-state index contributed by atoms with van der Waals surface area (Å²) >= 11 is 12.1. The highest BCUT2D eigenvalue weighted by Crippen LogP contribution is 2.28. The number of nitrogens with one attached hydrogen (secondary N) is 2. The van der Waals surface area contributed by atoms with Crippen LogP contribution in [-0.2, 0) is 4.79 Å². The Bertz CT molecular complexity index is 435. The number of amides is 1. The Hall–Kier alpha value is -0.930. The molecular weight excluding hydrogens is 271 g/mol. The van der Waals surface area contributed by atoms with Crippen molar-refractivity contribution >= 4 is 34.8 Å². The van der Waals surface area contributed by atoms with Crippen LogP contribution in [0.4, 0.5) is 5.69 Å². The Morgan fingerprint density at radius 1 is 1.33 bits per heavy atom. The molecule has 0 fully saturated rings. The van der Waals surface area contributed by atoms with Crippen molar-refractivity contribution in [3.63, 3.8) is 0 Å². The number of halogens is 2. The molecule has 1 aromatic carbocycles. The number of aryl methyl sites for hydroxylation is 1. The van der Waals surface area contributed by atoms with Crippen LogP contribution >= 0.6 is 23.2 Å². The summed E-state index contributed by atoms with van der Waals surface area (Å²) < 4.78 is 0. The van der Waals surface area contributed by atoms with Crippen molar-refractivity contribution in [3.05, 3.63) is 27.7 Å². The number of carbonyl (C=O) groups is 1. The van der Waals surface area contributed by atoms with E-state index >= 15 is 0 Å². The van der Waals surface area contributed by atoms with Crippen molar-refractivity contribution in [1.82, 2.24) is 5.32 Å². The number of benzene rings is 1. The highest BCUT2D eigenvalue weighted by Gasteiger charge is 2.08. The molecule has 1 aromatic rings. The molecule has 1 amide bonds. The number of hydrogen-bond donors (Lipinski definition) is 2. The lowest BCUT2D eigenvalue weighted by Gasteiger charge is -2.13. The molecule has 3 nitrogen and oxygen atoms in total. The molecule has 0 radical (unpaired) electrons. The topological polar surface area (TPSA) is 41.1 Å². The Morgan fingerprint density at radius 2 is 2.00 bits per heavy atom. The zero-order valence-corrected chi connectivity index (χ0v) is 12.3. The Balaban J connectivity index is 2.58. The van der Waals surface area contributed by atoms with Crippen LogP contribution in [0.15, 0.2) is 12.1 Å². The van der Waals surface area contributed by atoms with Crippen molar-refractivity contribution < 1.29 is 4.79 Å². The van der Waals surface area contributed by atoms with E-state index in [-0.39, 0.29) is 18.5 Å². The van der Waals surface area contributed by atoms with Gasteiger partial charge in [0, 0.05) is 11.1 Å². The van der Waals surface area contributed by atoms with E-state index in [4.69, 9.17) is 23.2 Å². The van der Waals surface area contributed by atoms with Crippen LogP contribution in [0, 0.1) is 6.92 Å². The maximum absolute atomic E-state index is 11.6. The molecule has 0 spiro atoms. The molecule has 5 heteroatoms. The van der Waals surface area contributed by atoms with E-state index in [9.17, 15) is 4.79 Å². The SMILES string of the molecule is CCC(C)NC(=O)CNc1cc(Cl)c(C)cc1Cl. The first-order valence-electron chi connectivity index (χ1n) is 5.93. The molecule has 0 aliphatic rings. The molecule has 1 unspecified atom stereocenters. The summed E-state index contributed by atoms with van der Waals surface area (Å²) in [5, 5.41) is 7.04. The summed E-state index contributed by atoms with van der Waals surface area (Å²) in [7, 11) is 0. The van der Waals surface area contributed by atoms with E-state index < -0.39 is 0 Å². The van der Waals surface area contributed by atoms with Gasteiger partial charge >= 0.3 is 0 Å². The van der Waals surface area contributed by atoms with Crippen molar-refractivity contribution in [2.24, 2.45) is 0 Å². The number of hydrogen-bond acceptors (Lipinski definition) is 2. The summed E-state index contributed by atoms with van der Waals surface area (Å²) in [6.07, 6.45) is 0.906. The van der Waals surface area contributed by atoms with Crippen LogP contribution in [0.5, 0.6) is 0 Å². The van der Waals surface area contributed by atoms with E-state index in [0.717, 1.165) is 12.0 Å². The lowest BCUT2D eigenvalue weighted by atomic mass is 10.2. The molecule has 0 saturated carbocycles. The molecular formula is C13H18Cl2N2O. The molecule has 0 heterocycles. The second-order valence-electron chi connectivity index (χ2n) is 4.31. The quantitative estimate of drug-likeness (QED) is 0.869. The first-order valence-corrected chi connectivity index (χ1v) is 6.68. The second kappa shape index (κ2) is 6.86. The number of carbonyl (C=O) groups excluding carboxylic acids is 1. The maximum atomic E-state index is 11.6. The second-order valence-corrected chi connectivity index (χ2v) is 5.13. The third-order valence-corrected chi connectivity index (χ3v) is 3.43. The summed E-state index contributed by atoms with van der Waals surface area (Å²) in [6, 6.07) is 3.69.